The second kappa shape index (κ2) is 12.7. The van der Waals surface area contributed by atoms with Crippen molar-refractivity contribution in [1.82, 2.24) is 0 Å². The molecule has 0 heteroatoms. The molecule has 284 valence electrons. The highest BCUT2D eigenvalue weighted by atomic mass is 14.4. The molecule has 0 nitrogen and oxygen atoms in total. The zero-order valence-corrected chi connectivity index (χ0v) is 34.1. The van der Waals surface area contributed by atoms with Crippen molar-refractivity contribution in [2.45, 2.75) is 19.3 Å². The number of hydrogen-bond acceptors (Lipinski definition) is 0. The van der Waals surface area contributed by atoms with E-state index in [2.05, 4.69) is 220 Å². The van der Waals surface area contributed by atoms with Crippen molar-refractivity contribution in [3.8, 4) is 44.5 Å². The van der Waals surface area contributed by atoms with Crippen LogP contribution in [0, 0.1) is 0 Å². The third-order valence-electron chi connectivity index (χ3n) is 14.0. The minimum Gasteiger partial charge on any atom is -0.0619 e. The standard InChI is InChI=1S/C61H40/c1-61(2)59-14-8-7-13-54(59)55-30-25-46(36-60(55)61)45-24-29-53-52-28-23-44(34-57(52)48-11-5-6-12-49(48)58(53)35-45)42-20-18-39-31-41(19-17-40(39)32-42)43-16-15-38-22-26-50-47-10-4-3-9-37(47)21-27-51(50)56(38)33-43/h3-36H,1-2H3. The summed E-state index contributed by atoms with van der Waals surface area (Å²) in [5.74, 6) is 0. The Bertz CT molecular complexity index is 3820. The van der Waals surface area contributed by atoms with Gasteiger partial charge in [-0.15, -0.1) is 0 Å². The van der Waals surface area contributed by atoms with E-state index < -0.39 is 0 Å². The Labute approximate surface area is 355 Å². The fourth-order valence-electron chi connectivity index (χ4n) is 10.8. The second-order valence-corrected chi connectivity index (χ2v) is 17.7. The van der Waals surface area contributed by atoms with Crippen LogP contribution in [0.4, 0.5) is 0 Å². The Balaban J connectivity index is 0.872. The van der Waals surface area contributed by atoms with Crippen LogP contribution in [0.25, 0.3) is 120 Å². The molecule has 0 fully saturated rings. The van der Waals surface area contributed by atoms with Crippen molar-refractivity contribution < 1.29 is 0 Å². The van der Waals surface area contributed by atoms with Gasteiger partial charge in [-0.05, 0) is 167 Å². The maximum absolute atomic E-state index is 2.43. The van der Waals surface area contributed by atoms with Gasteiger partial charge >= 0.3 is 0 Å². The van der Waals surface area contributed by atoms with Gasteiger partial charge in [-0.1, -0.05) is 184 Å². The molecule has 12 aromatic carbocycles. The SMILES string of the molecule is CC1(C)c2ccccc2-c2ccc(-c3ccc4c5ccc(-c6ccc7cc(-c8ccc9ccc%10c%11ccccc%11ccc%10c9c8)ccc7c6)cc5c5ccccc5c4c3)cc21. The van der Waals surface area contributed by atoms with Crippen LogP contribution < -0.4 is 0 Å². The van der Waals surface area contributed by atoms with Gasteiger partial charge in [0.05, 0.1) is 0 Å². The molecule has 61 heavy (non-hydrogen) atoms. The van der Waals surface area contributed by atoms with Crippen LogP contribution in [-0.4, -0.2) is 0 Å². The van der Waals surface area contributed by atoms with Gasteiger partial charge in [-0.25, -0.2) is 0 Å². The molecule has 0 heterocycles. The van der Waals surface area contributed by atoms with Crippen LogP contribution in [0.1, 0.15) is 25.0 Å². The highest BCUT2D eigenvalue weighted by molar-refractivity contribution is 6.26. The first-order valence-corrected chi connectivity index (χ1v) is 21.5. The molecule has 0 radical (unpaired) electrons. The molecular weight excluding hydrogens is 733 g/mol. The molecule has 0 atom stereocenters. The molecule has 0 spiro atoms. The van der Waals surface area contributed by atoms with Gasteiger partial charge in [0, 0.05) is 5.41 Å². The zero-order chi connectivity index (χ0) is 40.4. The van der Waals surface area contributed by atoms with E-state index in [4.69, 9.17) is 0 Å². The molecule has 1 aliphatic carbocycles. The van der Waals surface area contributed by atoms with Gasteiger partial charge in [0.25, 0.3) is 0 Å². The lowest BCUT2D eigenvalue weighted by Gasteiger charge is -2.22. The van der Waals surface area contributed by atoms with Gasteiger partial charge in [-0.2, -0.15) is 0 Å². The molecule has 13 rings (SSSR count). The van der Waals surface area contributed by atoms with E-state index in [0.717, 1.165) is 0 Å². The average Bonchev–Trinajstić information content (AvgIpc) is 3.55. The van der Waals surface area contributed by atoms with Crippen molar-refractivity contribution in [2.75, 3.05) is 0 Å². The monoisotopic (exact) mass is 772 g/mol. The lowest BCUT2D eigenvalue weighted by Crippen LogP contribution is -2.14. The Hall–Kier alpha value is -7.54. The summed E-state index contributed by atoms with van der Waals surface area (Å²) >= 11 is 0. The van der Waals surface area contributed by atoms with E-state index in [9.17, 15) is 0 Å². The number of fused-ring (bicyclic) bond motifs is 15. The summed E-state index contributed by atoms with van der Waals surface area (Å²) < 4.78 is 0. The molecule has 0 bridgehead atoms. The first-order chi connectivity index (χ1) is 30.0. The lowest BCUT2D eigenvalue weighted by atomic mass is 9.81. The fraction of sp³-hybridized carbons (Fsp3) is 0.0492. The Morgan fingerprint density at radius 3 is 1.26 bits per heavy atom. The summed E-state index contributed by atoms with van der Waals surface area (Å²) in [6.07, 6.45) is 0. The maximum Gasteiger partial charge on any atom is 0.0159 e. The predicted octanol–water partition coefficient (Wildman–Crippen LogP) is 17.1. The molecule has 12 aromatic rings. The fourth-order valence-corrected chi connectivity index (χ4v) is 10.8. The van der Waals surface area contributed by atoms with Gasteiger partial charge in [0.2, 0.25) is 0 Å². The number of benzene rings is 12. The first kappa shape index (κ1) is 34.3. The molecule has 0 amide bonds. The Kier molecular flexibility index (Phi) is 7.17. The van der Waals surface area contributed by atoms with Gasteiger partial charge < -0.3 is 0 Å². The number of rotatable bonds is 3. The molecule has 0 saturated heterocycles. The van der Waals surface area contributed by atoms with Crippen LogP contribution in [-0.2, 0) is 5.41 Å². The van der Waals surface area contributed by atoms with Crippen molar-refractivity contribution in [3.05, 3.63) is 217 Å². The molecule has 0 N–H and O–H groups in total. The van der Waals surface area contributed by atoms with E-state index in [1.807, 2.05) is 0 Å². The molecule has 0 saturated carbocycles. The molecule has 0 unspecified atom stereocenters. The molecular formula is C61H40. The van der Waals surface area contributed by atoms with Gasteiger partial charge in [0.1, 0.15) is 0 Å². The second-order valence-electron chi connectivity index (χ2n) is 17.7. The van der Waals surface area contributed by atoms with Crippen LogP contribution in [0.5, 0.6) is 0 Å². The van der Waals surface area contributed by atoms with Crippen molar-refractivity contribution >= 4 is 75.4 Å². The summed E-state index contributed by atoms with van der Waals surface area (Å²) in [6, 6.07) is 77.6. The van der Waals surface area contributed by atoms with E-state index in [0.29, 0.717) is 0 Å². The molecule has 1 aliphatic rings. The van der Waals surface area contributed by atoms with Gasteiger partial charge in [-0.3, -0.25) is 0 Å². The lowest BCUT2D eigenvalue weighted by molar-refractivity contribution is 0.660. The summed E-state index contributed by atoms with van der Waals surface area (Å²) in [4.78, 5) is 0. The maximum atomic E-state index is 2.43. The third kappa shape index (κ3) is 5.12. The van der Waals surface area contributed by atoms with Crippen molar-refractivity contribution in [2.24, 2.45) is 0 Å². The van der Waals surface area contributed by atoms with E-state index >= 15 is 0 Å². The average molecular weight is 773 g/mol. The summed E-state index contributed by atoms with van der Waals surface area (Å²) in [6.45, 7) is 4.72. The van der Waals surface area contributed by atoms with E-state index in [1.165, 1.54) is 131 Å². The van der Waals surface area contributed by atoms with Gasteiger partial charge in [0.15, 0.2) is 0 Å². The first-order valence-electron chi connectivity index (χ1n) is 21.5. The van der Waals surface area contributed by atoms with Crippen LogP contribution in [0.2, 0.25) is 0 Å². The largest absolute Gasteiger partial charge is 0.0619 e. The van der Waals surface area contributed by atoms with E-state index in [-0.39, 0.29) is 5.41 Å². The minimum atomic E-state index is -0.0298. The van der Waals surface area contributed by atoms with Crippen LogP contribution in [0.15, 0.2) is 206 Å². The molecule has 0 aromatic heterocycles. The Morgan fingerprint density at radius 1 is 0.230 bits per heavy atom. The highest BCUT2D eigenvalue weighted by Gasteiger charge is 2.35. The summed E-state index contributed by atoms with van der Waals surface area (Å²) in [5, 5.41) is 18.0. The van der Waals surface area contributed by atoms with Crippen molar-refractivity contribution in [1.29, 1.82) is 0 Å². The number of hydrogen-bond donors (Lipinski definition) is 0. The summed E-state index contributed by atoms with van der Waals surface area (Å²) in [5.41, 5.74) is 13.0. The normalized spacial score (nSPS) is 13.2. The minimum absolute atomic E-state index is 0.0298. The van der Waals surface area contributed by atoms with Crippen LogP contribution in [0.3, 0.4) is 0 Å². The Morgan fingerprint density at radius 2 is 0.607 bits per heavy atom. The molecule has 0 aliphatic heterocycles. The topological polar surface area (TPSA) is 0 Å². The highest BCUT2D eigenvalue weighted by Crippen LogP contribution is 2.50. The summed E-state index contributed by atoms with van der Waals surface area (Å²) in [7, 11) is 0. The predicted molar refractivity (Wildman–Crippen MR) is 263 cm³/mol. The van der Waals surface area contributed by atoms with E-state index in [1.54, 1.807) is 0 Å². The third-order valence-corrected chi connectivity index (χ3v) is 14.0. The van der Waals surface area contributed by atoms with Crippen LogP contribution >= 0.6 is 0 Å². The quantitative estimate of drug-likeness (QED) is 0.157. The zero-order valence-electron chi connectivity index (χ0n) is 34.1. The van der Waals surface area contributed by atoms with Crippen molar-refractivity contribution in [3.63, 3.8) is 0 Å². The smallest absolute Gasteiger partial charge is 0.0159 e.